The Morgan fingerprint density at radius 1 is 0.892 bits per heavy atom. The molecule has 1 fully saturated rings. The number of fused-ring (bicyclic) bond motifs is 1. The molecule has 0 spiro atoms. The number of nitrogens with one attached hydrogen (secondary N) is 1. The third kappa shape index (κ3) is 4.96. The zero-order valence-corrected chi connectivity index (χ0v) is 20.8. The molecule has 8 heteroatoms. The van der Waals surface area contributed by atoms with Crippen LogP contribution in [0.5, 0.6) is 5.88 Å². The number of aromatic amines is 1. The highest BCUT2D eigenvalue weighted by molar-refractivity contribution is 6.22. The van der Waals surface area contributed by atoms with Crippen molar-refractivity contribution in [1.29, 1.82) is 0 Å². The molecular weight excluding hydrogens is 468 g/mol. The Labute approximate surface area is 214 Å². The molecule has 2 heterocycles. The van der Waals surface area contributed by atoms with Gasteiger partial charge in [-0.2, -0.15) is 0 Å². The van der Waals surface area contributed by atoms with Gasteiger partial charge in [0.05, 0.1) is 29.6 Å². The van der Waals surface area contributed by atoms with E-state index in [0.717, 1.165) is 24.0 Å². The number of hydrogen-bond donors (Lipinski definition) is 2. The van der Waals surface area contributed by atoms with Gasteiger partial charge < -0.3 is 24.6 Å². The van der Waals surface area contributed by atoms with Crippen molar-refractivity contribution in [2.75, 3.05) is 40.3 Å². The number of methoxy groups -OCH3 is 1. The summed E-state index contributed by atoms with van der Waals surface area (Å²) in [7, 11) is 3.39. The molecule has 0 radical (unpaired) electrons. The molecule has 0 aliphatic carbocycles. The van der Waals surface area contributed by atoms with Crippen LogP contribution in [-0.4, -0.2) is 77.8 Å². The molecular formula is C29H28N4O4. The van der Waals surface area contributed by atoms with Crippen LogP contribution in [0.1, 0.15) is 31.8 Å². The Hall–Kier alpha value is -4.43. The van der Waals surface area contributed by atoms with E-state index < -0.39 is 5.97 Å². The first kappa shape index (κ1) is 24.3. The van der Waals surface area contributed by atoms with Gasteiger partial charge in [0.25, 0.3) is 5.91 Å². The van der Waals surface area contributed by atoms with E-state index in [4.69, 9.17) is 9.73 Å². The SMILES string of the molecule is COC(=O)c1ccc2c(C(=Nc3ccc(C(=O)N4CCN(C)CC4)cc3)c3ccccc3)c(O)[nH]c2c1. The molecule has 0 atom stereocenters. The van der Waals surface area contributed by atoms with Crippen LogP contribution in [0, 0.1) is 0 Å². The number of hydrogen-bond acceptors (Lipinski definition) is 6. The first-order valence-corrected chi connectivity index (χ1v) is 12.1. The molecule has 37 heavy (non-hydrogen) atoms. The quantitative estimate of drug-likeness (QED) is 0.319. The van der Waals surface area contributed by atoms with Crippen molar-refractivity contribution in [3.8, 4) is 5.88 Å². The van der Waals surface area contributed by atoms with Gasteiger partial charge in [-0.1, -0.05) is 36.4 Å². The zero-order valence-electron chi connectivity index (χ0n) is 20.8. The van der Waals surface area contributed by atoms with E-state index in [1.165, 1.54) is 7.11 Å². The molecule has 0 unspecified atom stereocenters. The average Bonchev–Trinajstić information content (AvgIpc) is 3.26. The van der Waals surface area contributed by atoms with Crippen LogP contribution in [0.3, 0.4) is 0 Å². The van der Waals surface area contributed by atoms with Crippen molar-refractivity contribution in [2.24, 2.45) is 4.99 Å². The van der Waals surface area contributed by atoms with E-state index in [-0.39, 0.29) is 11.8 Å². The maximum atomic E-state index is 12.9. The van der Waals surface area contributed by atoms with Crippen molar-refractivity contribution in [3.63, 3.8) is 0 Å². The van der Waals surface area contributed by atoms with Crippen LogP contribution in [0.25, 0.3) is 10.9 Å². The minimum absolute atomic E-state index is 0.0163. The normalized spacial score (nSPS) is 14.6. The van der Waals surface area contributed by atoms with Crippen LogP contribution in [0.2, 0.25) is 0 Å². The molecule has 8 nitrogen and oxygen atoms in total. The standard InChI is InChI=1S/C29H28N4O4/c1-32-14-16-33(17-15-32)28(35)20-8-11-22(12-9-20)30-26(19-6-4-3-5-7-19)25-23-13-10-21(29(36)37-2)18-24(23)31-27(25)34/h3-13,18,31,34H,14-17H2,1-2H3. The molecule has 1 amide bonds. The van der Waals surface area contributed by atoms with Gasteiger partial charge in [-0.15, -0.1) is 0 Å². The molecule has 0 bridgehead atoms. The highest BCUT2D eigenvalue weighted by atomic mass is 16.5. The second-order valence-corrected chi connectivity index (χ2v) is 9.07. The Morgan fingerprint density at radius 3 is 2.24 bits per heavy atom. The number of likely N-dealkylation sites (N-methyl/N-ethyl adjacent to an activating group) is 1. The van der Waals surface area contributed by atoms with Gasteiger partial charge in [0.1, 0.15) is 0 Å². The predicted octanol–water partition coefficient (Wildman–Crippen LogP) is 4.22. The summed E-state index contributed by atoms with van der Waals surface area (Å²) in [6.07, 6.45) is 0. The lowest BCUT2D eigenvalue weighted by molar-refractivity contribution is 0.0600. The number of esters is 1. The molecule has 1 aliphatic heterocycles. The molecule has 1 saturated heterocycles. The largest absolute Gasteiger partial charge is 0.494 e. The van der Waals surface area contributed by atoms with Gasteiger partial charge in [-0.25, -0.2) is 9.79 Å². The lowest BCUT2D eigenvalue weighted by Gasteiger charge is -2.32. The Balaban J connectivity index is 1.53. The van der Waals surface area contributed by atoms with Crippen LogP contribution in [0.4, 0.5) is 5.69 Å². The number of H-pyrrole nitrogens is 1. The number of carbonyl (C=O) groups is 2. The van der Waals surface area contributed by atoms with E-state index in [1.807, 2.05) is 47.4 Å². The van der Waals surface area contributed by atoms with Crippen molar-refractivity contribution < 1.29 is 19.4 Å². The summed E-state index contributed by atoms with van der Waals surface area (Å²) in [4.78, 5) is 36.9. The summed E-state index contributed by atoms with van der Waals surface area (Å²) in [6.45, 7) is 3.16. The minimum atomic E-state index is -0.458. The number of amides is 1. The number of aromatic nitrogens is 1. The van der Waals surface area contributed by atoms with Crippen molar-refractivity contribution in [1.82, 2.24) is 14.8 Å². The highest BCUT2D eigenvalue weighted by Crippen LogP contribution is 2.32. The van der Waals surface area contributed by atoms with E-state index >= 15 is 0 Å². The summed E-state index contributed by atoms with van der Waals surface area (Å²) in [5.74, 6) is -0.496. The smallest absolute Gasteiger partial charge is 0.337 e. The maximum Gasteiger partial charge on any atom is 0.337 e. The van der Waals surface area contributed by atoms with Gasteiger partial charge in [0.2, 0.25) is 0 Å². The summed E-state index contributed by atoms with van der Waals surface area (Å²) in [6, 6.07) is 21.9. The third-order valence-electron chi connectivity index (χ3n) is 6.63. The summed E-state index contributed by atoms with van der Waals surface area (Å²) in [5.41, 5.74) is 4.13. The number of piperazine rings is 1. The van der Waals surface area contributed by atoms with E-state index in [9.17, 15) is 14.7 Å². The molecule has 1 aromatic heterocycles. The molecule has 0 saturated carbocycles. The summed E-state index contributed by atoms with van der Waals surface area (Å²) in [5, 5.41) is 11.6. The molecule has 1 aliphatic rings. The molecule has 4 aromatic rings. The fourth-order valence-corrected chi connectivity index (χ4v) is 4.53. The number of benzene rings is 3. The topological polar surface area (TPSA) is 98.2 Å². The number of carbonyl (C=O) groups excluding carboxylic acids is 2. The first-order chi connectivity index (χ1) is 17.9. The van der Waals surface area contributed by atoms with Gasteiger partial charge >= 0.3 is 5.97 Å². The average molecular weight is 497 g/mol. The van der Waals surface area contributed by atoms with Crippen LogP contribution < -0.4 is 0 Å². The molecule has 3 aromatic carbocycles. The molecule has 188 valence electrons. The third-order valence-corrected chi connectivity index (χ3v) is 6.63. The van der Waals surface area contributed by atoms with Gasteiger partial charge in [-0.3, -0.25) is 4.79 Å². The van der Waals surface area contributed by atoms with Gasteiger partial charge in [0, 0.05) is 48.2 Å². The fourth-order valence-electron chi connectivity index (χ4n) is 4.53. The molecule has 2 N–H and O–H groups in total. The second-order valence-electron chi connectivity index (χ2n) is 9.07. The number of ether oxygens (including phenoxy) is 1. The number of nitrogens with zero attached hydrogens (tertiary/aromatic N) is 3. The maximum absolute atomic E-state index is 12.9. The summed E-state index contributed by atoms with van der Waals surface area (Å²) < 4.78 is 4.82. The lowest BCUT2D eigenvalue weighted by atomic mass is 10.00. The van der Waals surface area contributed by atoms with E-state index in [0.29, 0.717) is 46.7 Å². The fraction of sp³-hybridized carbons (Fsp3) is 0.207. The van der Waals surface area contributed by atoms with E-state index in [2.05, 4.69) is 16.9 Å². The van der Waals surface area contributed by atoms with Crippen molar-refractivity contribution in [3.05, 3.63) is 95.1 Å². The molecule has 5 rings (SSSR count). The van der Waals surface area contributed by atoms with E-state index in [1.54, 1.807) is 30.3 Å². The number of rotatable bonds is 5. The first-order valence-electron chi connectivity index (χ1n) is 12.1. The predicted molar refractivity (Wildman–Crippen MR) is 143 cm³/mol. The minimum Gasteiger partial charge on any atom is -0.494 e. The zero-order chi connectivity index (χ0) is 25.9. The number of aromatic hydroxyl groups is 1. The highest BCUT2D eigenvalue weighted by Gasteiger charge is 2.22. The van der Waals surface area contributed by atoms with Crippen LogP contribution in [-0.2, 0) is 4.74 Å². The number of aliphatic imine (C=N–C) groups is 1. The Bertz CT molecular complexity index is 1470. The Morgan fingerprint density at radius 2 is 1.57 bits per heavy atom. The van der Waals surface area contributed by atoms with Gasteiger partial charge in [-0.05, 0) is 43.4 Å². The second kappa shape index (κ2) is 10.3. The van der Waals surface area contributed by atoms with Crippen LogP contribution in [0.15, 0.2) is 77.8 Å². The van der Waals surface area contributed by atoms with Crippen molar-refractivity contribution >= 4 is 34.2 Å². The van der Waals surface area contributed by atoms with Crippen molar-refractivity contribution in [2.45, 2.75) is 0 Å². The van der Waals surface area contributed by atoms with Crippen LogP contribution >= 0.6 is 0 Å². The lowest BCUT2D eigenvalue weighted by Crippen LogP contribution is -2.47. The Kier molecular flexibility index (Phi) is 6.74. The summed E-state index contributed by atoms with van der Waals surface area (Å²) >= 11 is 0. The van der Waals surface area contributed by atoms with Gasteiger partial charge in [0.15, 0.2) is 5.88 Å². The monoisotopic (exact) mass is 496 g/mol.